The van der Waals surface area contributed by atoms with Gasteiger partial charge in [-0.15, -0.1) is 0 Å². The number of fused-ring (bicyclic) bond motifs is 1. The minimum atomic E-state index is -0.418. The number of nitriles is 1. The fraction of sp³-hybridized carbons (Fsp3) is 0.320. The van der Waals surface area contributed by atoms with Crippen LogP contribution in [0.2, 0.25) is 0 Å². The lowest BCUT2D eigenvalue weighted by molar-refractivity contribution is -0.130. The van der Waals surface area contributed by atoms with Gasteiger partial charge in [0.05, 0.1) is 23.5 Å². The van der Waals surface area contributed by atoms with Crippen molar-refractivity contribution in [3.63, 3.8) is 0 Å². The number of hydrogen-bond acceptors (Lipinski definition) is 6. The fourth-order valence-corrected chi connectivity index (χ4v) is 5.50. The van der Waals surface area contributed by atoms with E-state index < -0.39 is 5.82 Å². The molecule has 8 nitrogen and oxygen atoms in total. The van der Waals surface area contributed by atoms with Gasteiger partial charge < -0.3 is 4.90 Å². The summed E-state index contributed by atoms with van der Waals surface area (Å²) in [7, 11) is 0. The summed E-state index contributed by atoms with van der Waals surface area (Å²) in [5.74, 6) is 0.176. The molecule has 1 aliphatic heterocycles. The molecule has 0 radical (unpaired) electrons. The van der Waals surface area contributed by atoms with Crippen molar-refractivity contribution in [2.24, 2.45) is 5.92 Å². The Kier molecular flexibility index (Phi) is 6.26. The van der Waals surface area contributed by atoms with E-state index in [1.807, 2.05) is 35.0 Å². The van der Waals surface area contributed by atoms with Gasteiger partial charge in [0.1, 0.15) is 11.1 Å². The number of carbonyl (C=O) groups is 1. The number of pyridine rings is 2. The van der Waals surface area contributed by atoms with Crippen molar-refractivity contribution in [1.82, 2.24) is 29.3 Å². The molecule has 0 spiro atoms. The largest absolute Gasteiger partial charge is 0.343 e. The van der Waals surface area contributed by atoms with Gasteiger partial charge in [0, 0.05) is 60.7 Å². The van der Waals surface area contributed by atoms with Gasteiger partial charge in [0.2, 0.25) is 5.91 Å². The summed E-state index contributed by atoms with van der Waals surface area (Å²) in [6.45, 7) is 6.02. The van der Waals surface area contributed by atoms with E-state index in [1.165, 1.54) is 24.0 Å². The second-order valence-corrected chi connectivity index (χ2v) is 9.75. The molecule has 0 aromatic carbocycles. The van der Waals surface area contributed by atoms with Gasteiger partial charge in [0.15, 0.2) is 5.82 Å². The van der Waals surface area contributed by atoms with Crippen molar-refractivity contribution in [2.75, 3.05) is 13.1 Å². The molecule has 5 heterocycles. The van der Waals surface area contributed by atoms with Crippen LogP contribution in [0.15, 0.2) is 52.9 Å². The normalized spacial score (nSPS) is 14.4. The Morgan fingerprint density at radius 1 is 1.29 bits per heavy atom. The monoisotopic (exact) mass is 489 g/mol. The Hall–Kier alpha value is -3.71. The maximum absolute atomic E-state index is 14.4. The maximum atomic E-state index is 14.4. The Labute approximate surface area is 206 Å². The molecule has 0 aliphatic carbocycles. The van der Waals surface area contributed by atoms with E-state index in [0.717, 1.165) is 49.3 Å². The SMILES string of the molecule is CC(=O)N1CCC(Cn2ncc(-c3cc(Sc4ncccc4F)c4c(C#N)cnn4c3)c2C)CC1. The van der Waals surface area contributed by atoms with E-state index in [4.69, 9.17) is 0 Å². The predicted octanol–water partition coefficient (Wildman–Crippen LogP) is 4.32. The van der Waals surface area contributed by atoms with Crippen molar-refractivity contribution in [1.29, 1.82) is 5.26 Å². The lowest BCUT2D eigenvalue weighted by Gasteiger charge is -2.31. The lowest BCUT2D eigenvalue weighted by atomic mass is 9.96. The summed E-state index contributed by atoms with van der Waals surface area (Å²) >= 11 is 1.17. The Bertz CT molecular complexity index is 1450. The predicted molar refractivity (Wildman–Crippen MR) is 129 cm³/mol. The third kappa shape index (κ3) is 4.51. The number of carbonyl (C=O) groups excluding carboxylic acids is 1. The Morgan fingerprint density at radius 2 is 2.09 bits per heavy atom. The van der Waals surface area contributed by atoms with E-state index >= 15 is 0 Å². The summed E-state index contributed by atoms with van der Waals surface area (Å²) in [6.07, 6.45) is 8.69. The van der Waals surface area contributed by atoms with E-state index in [1.54, 1.807) is 23.7 Å². The van der Waals surface area contributed by atoms with Gasteiger partial charge >= 0.3 is 0 Å². The molecule has 0 bridgehead atoms. The standard InChI is InChI=1S/C25H24FN7OS/c1-16-21(13-30-32(16)14-18-5-8-31(9-6-18)17(2)34)19-10-23(35-25-22(26)4-3-7-28-25)24-20(11-27)12-29-33(24)15-19/h3-4,7,10,12-13,15,18H,5-6,8-9,14H2,1-2H3. The highest BCUT2D eigenvalue weighted by atomic mass is 32.2. The zero-order valence-corrected chi connectivity index (χ0v) is 20.3. The number of amides is 1. The van der Waals surface area contributed by atoms with Crippen LogP contribution in [-0.4, -0.2) is 48.3 Å². The summed E-state index contributed by atoms with van der Waals surface area (Å²) in [6, 6.07) is 7.03. The lowest BCUT2D eigenvalue weighted by Crippen LogP contribution is -2.38. The average Bonchev–Trinajstić information content (AvgIpc) is 3.44. The van der Waals surface area contributed by atoms with Crippen LogP contribution >= 0.6 is 11.8 Å². The van der Waals surface area contributed by atoms with E-state index in [9.17, 15) is 14.4 Å². The van der Waals surface area contributed by atoms with E-state index in [0.29, 0.717) is 21.9 Å². The first-order valence-electron chi connectivity index (χ1n) is 11.4. The molecule has 0 N–H and O–H groups in total. The van der Waals surface area contributed by atoms with Gasteiger partial charge in [-0.05, 0) is 43.9 Å². The Balaban J connectivity index is 1.47. The number of rotatable bonds is 5. The van der Waals surface area contributed by atoms with Gasteiger partial charge in [0.25, 0.3) is 0 Å². The van der Waals surface area contributed by atoms with Gasteiger partial charge in [-0.2, -0.15) is 15.5 Å². The van der Waals surface area contributed by atoms with Crippen LogP contribution in [0.4, 0.5) is 4.39 Å². The molecule has 0 unspecified atom stereocenters. The molecular weight excluding hydrogens is 465 g/mol. The van der Waals surface area contributed by atoms with Crippen molar-refractivity contribution < 1.29 is 9.18 Å². The van der Waals surface area contributed by atoms with Crippen LogP contribution in [0, 0.1) is 30.0 Å². The molecular formula is C25H24FN7OS. The van der Waals surface area contributed by atoms with E-state index in [-0.39, 0.29) is 10.9 Å². The molecule has 1 aliphatic rings. The highest BCUT2D eigenvalue weighted by molar-refractivity contribution is 7.99. The van der Waals surface area contributed by atoms with Crippen LogP contribution in [0.5, 0.6) is 0 Å². The average molecular weight is 490 g/mol. The molecule has 1 fully saturated rings. The van der Waals surface area contributed by atoms with Crippen molar-refractivity contribution >= 4 is 23.2 Å². The highest BCUT2D eigenvalue weighted by Gasteiger charge is 2.23. The van der Waals surface area contributed by atoms with Crippen molar-refractivity contribution in [3.05, 3.63) is 60.1 Å². The van der Waals surface area contributed by atoms with Crippen molar-refractivity contribution in [2.45, 2.75) is 43.2 Å². The minimum absolute atomic E-state index is 0.133. The third-order valence-electron chi connectivity index (χ3n) is 6.53. The summed E-state index contributed by atoms with van der Waals surface area (Å²) < 4.78 is 18.0. The third-order valence-corrected chi connectivity index (χ3v) is 7.56. The molecule has 4 aromatic rings. The molecule has 1 saturated heterocycles. The van der Waals surface area contributed by atoms with Gasteiger partial charge in [-0.25, -0.2) is 13.9 Å². The molecule has 35 heavy (non-hydrogen) atoms. The zero-order chi connectivity index (χ0) is 24.5. The first-order valence-corrected chi connectivity index (χ1v) is 12.2. The molecule has 0 atom stereocenters. The Morgan fingerprint density at radius 3 is 2.80 bits per heavy atom. The van der Waals surface area contributed by atoms with E-state index in [2.05, 4.69) is 21.3 Å². The van der Waals surface area contributed by atoms with Crippen LogP contribution in [-0.2, 0) is 11.3 Å². The number of hydrogen-bond donors (Lipinski definition) is 0. The second kappa shape index (κ2) is 9.50. The number of piperidine rings is 1. The zero-order valence-electron chi connectivity index (χ0n) is 19.5. The number of aromatic nitrogens is 5. The summed E-state index contributed by atoms with van der Waals surface area (Å²) in [4.78, 5) is 18.4. The number of likely N-dealkylation sites (tertiary alicyclic amines) is 1. The second-order valence-electron chi connectivity index (χ2n) is 8.72. The number of halogens is 1. The van der Waals surface area contributed by atoms with Gasteiger partial charge in [-0.3, -0.25) is 9.48 Å². The van der Waals surface area contributed by atoms with Crippen molar-refractivity contribution in [3.8, 4) is 17.2 Å². The summed E-state index contributed by atoms with van der Waals surface area (Å²) in [5, 5.41) is 18.8. The minimum Gasteiger partial charge on any atom is -0.343 e. The molecule has 1 amide bonds. The van der Waals surface area contributed by atoms with Crippen LogP contribution in [0.1, 0.15) is 31.0 Å². The quantitative estimate of drug-likeness (QED) is 0.415. The topological polar surface area (TPSA) is 92.1 Å². The van der Waals surface area contributed by atoms with Crippen LogP contribution < -0.4 is 0 Å². The van der Waals surface area contributed by atoms with Crippen LogP contribution in [0.3, 0.4) is 0 Å². The fourth-order valence-electron chi connectivity index (χ4n) is 4.53. The first-order chi connectivity index (χ1) is 16.9. The highest BCUT2D eigenvalue weighted by Crippen LogP contribution is 2.36. The molecule has 178 valence electrons. The molecule has 4 aromatic heterocycles. The molecule has 10 heteroatoms. The maximum Gasteiger partial charge on any atom is 0.219 e. The number of nitrogens with zero attached hydrogens (tertiary/aromatic N) is 7. The van der Waals surface area contributed by atoms with Gasteiger partial charge in [-0.1, -0.05) is 11.8 Å². The first kappa shape index (κ1) is 23.1. The van der Waals surface area contributed by atoms with Crippen LogP contribution in [0.25, 0.3) is 16.6 Å². The summed E-state index contributed by atoms with van der Waals surface area (Å²) in [5.41, 5.74) is 3.88. The molecule has 0 saturated carbocycles. The smallest absolute Gasteiger partial charge is 0.219 e. The molecule has 5 rings (SSSR count).